The lowest BCUT2D eigenvalue weighted by Crippen LogP contribution is -2.26. The number of rotatable bonds is 7. The zero-order valence-corrected chi connectivity index (χ0v) is 17.5. The van der Waals surface area contributed by atoms with Gasteiger partial charge in [0, 0.05) is 23.9 Å². The van der Waals surface area contributed by atoms with Gasteiger partial charge in [-0.05, 0) is 30.2 Å². The molecule has 4 rings (SSSR count). The van der Waals surface area contributed by atoms with Crippen LogP contribution in [0.3, 0.4) is 0 Å². The minimum Gasteiger partial charge on any atom is -0.351 e. The van der Waals surface area contributed by atoms with E-state index in [-0.39, 0.29) is 5.57 Å². The summed E-state index contributed by atoms with van der Waals surface area (Å²) >= 11 is 0. The number of carbonyl (C=O) groups is 1. The number of benzene rings is 3. The molecule has 0 fully saturated rings. The van der Waals surface area contributed by atoms with E-state index in [9.17, 15) is 10.1 Å². The fourth-order valence-corrected chi connectivity index (χ4v) is 3.39. The van der Waals surface area contributed by atoms with Crippen molar-refractivity contribution in [2.24, 2.45) is 0 Å². The van der Waals surface area contributed by atoms with Crippen LogP contribution in [0.4, 0.5) is 0 Å². The van der Waals surface area contributed by atoms with Crippen LogP contribution >= 0.6 is 0 Å². The van der Waals surface area contributed by atoms with Crippen molar-refractivity contribution in [3.63, 3.8) is 0 Å². The van der Waals surface area contributed by atoms with Gasteiger partial charge >= 0.3 is 0 Å². The molecule has 0 saturated heterocycles. The third-order valence-electron chi connectivity index (χ3n) is 5.02. The Morgan fingerprint density at radius 2 is 1.56 bits per heavy atom. The number of nitrogens with one attached hydrogen (secondary N) is 1. The van der Waals surface area contributed by atoms with E-state index < -0.39 is 5.91 Å². The van der Waals surface area contributed by atoms with Crippen molar-refractivity contribution in [2.45, 2.75) is 6.42 Å². The lowest BCUT2D eigenvalue weighted by molar-refractivity contribution is -0.117. The third kappa shape index (κ3) is 5.00. The van der Waals surface area contributed by atoms with E-state index in [1.165, 1.54) is 0 Å². The van der Waals surface area contributed by atoms with Crippen molar-refractivity contribution in [3.8, 4) is 23.0 Å². The first-order valence-corrected chi connectivity index (χ1v) is 10.4. The largest absolute Gasteiger partial charge is 0.351 e. The molecular weight excluding hydrogens is 396 g/mol. The van der Waals surface area contributed by atoms with Crippen LogP contribution in [0.2, 0.25) is 0 Å². The number of aromatic nitrogens is 2. The normalized spacial score (nSPS) is 11.0. The summed E-state index contributed by atoms with van der Waals surface area (Å²) in [6, 6.07) is 31.4. The zero-order chi connectivity index (χ0) is 22.2. The lowest BCUT2D eigenvalue weighted by Gasteiger charge is -2.05. The van der Waals surface area contributed by atoms with Gasteiger partial charge in [0.05, 0.1) is 11.4 Å². The van der Waals surface area contributed by atoms with Gasteiger partial charge in [0.1, 0.15) is 11.6 Å². The number of carbonyl (C=O) groups excluding carboxylic acids is 1. The van der Waals surface area contributed by atoms with E-state index in [0.717, 1.165) is 16.8 Å². The summed E-state index contributed by atoms with van der Waals surface area (Å²) in [6.45, 7) is 0.455. The third-order valence-corrected chi connectivity index (χ3v) is 5.02. The minimum atomic E-state index is -0.394. The highest BCUT2D eigenvalue weighted by atomic mass is 16.1. The van der Waals surface area contributed by atoms with Crippen LogP contribution in [-0.2, 0) is 11.2 Å². The van der Waals surface area contributed by atoms with Crippen molar-refractivity contribution in [1.82, 2.24) is 15.1 Å². The first kappa shape index (κ1) is 20.8. The number of nitrogens with zero attached hydrogens (tertiary/aromatic N) is 3. The SMILES string of the molecule is N#C/C(=C\c1cn(-c2ccccc2)nc1-c1ccccc1)C(=O)NCCc1ccccc1. The first-order chi connectivity index (χ1) is 15.7. The summed E-state index contributed by atoms with van der Waals surface area (Å²) in [4.78, 5) is 12.7. The molecule has 0 saturated carbocycles. The number of hydrogen-bond acceptors (Lipinski definition) is 3. The van der Waals surface area contributed by atoms with Crippen molar-refractivity contribution in [2.75, 3.05) is 6.54 Å². The summed E-state index contributed by atoms with van der Waals surface area (Å²) in [7, 11) is 0. The van der Waals surface area contributed by atoms with Crippen molar-refractivity contribution in [1.29, 1.82) is 5.26 Å². The minimum absolute atomic E-state index is 0.0443. The van der Waals surface area contributed by atoms with Crippen LogP contribution in [0.1, 0.15) is 11.1 Å². The molecule has 5 heteroatoms. The molecule has 4 aromatic rings. The second kappa shape index (κ2) is 10.1. The van der Waals surface area contributed by atoms with E-state index in [0.29, 0.717) is 24.2 Å². The second-order valence-electron chi connectivity index (χ2n) is 7.24. The van der Waals surface area contributed by atoms with E-state index in [2.05, 4.69) is 5.32 Å². The smallest absolute Gasteiger partial charge is 0.261 e. The molecule has 5 nitrogen and oxygen atoms in total. The van der Waals surface area contributed by atoms with E-state index >= 15 is 0 Å². The Kier molecular flexibility index (Phi) is 6.54. The van der Waals surface area contributed by atoms with Gasteiger partial charge in [-0.1, -0.05) is 78.9 Å². The quantitative estimate of drug-likeness (QED) is 0.346. The van der Waals surface area contributed by atoms with Crippen LogP contribution in [0.5, 0.6) is 0 Å². The fraction of sp³-hybridized carbons (Fsp3) is 0.0741. The average molecular weight is 419 g/mol. The average Bonchev–Trinajstić information content (AvgIpc) is 3.28. The highest BCUT2D eigenvalue weighted by Gasteiger charge is 2.15. The number of para-hydroxylation sites is 1. The van der Waals surface area contributed by atoms with Crippen LogP contribution in [0.15, 0.2) is 103 Å². The number of nitriles is 1. The van der Waals surface area contributed by atoms with Gasteiger partial charge in [-0.3, -0.25) is 4.79 Å². The maximum Gasteiger partial charge on any atom is 0.261 e. The van der Waals surface area contributed by atoms with Gasteiger partial charge in [-0.25, -0.2) is 4.68 Å². The molecule has 156 valence electrons. The van der Waals surface area contributed by atoms with Crippen molar-refractivity contribution < 1.29 is 4.79 Å². The predicted molar refractivity (Wildman–Crippen MR) is 126 cm³/mol. The van der Waals surface area contributed by atoms with Crippen molar-refractivity contribution >= 4 is 12.0 Å². The molecule has 0 spiro atoms. The van der Waals surface area contributed by atoms with Crippen LogP contribution in [0, 0.1) is 11.3 Å². The Balaban J connectivity index is 1.60. The molecule has 1 amide bonds. The molecule has 1 aromatic heterocycles. The Bertz CT molecular complexity index is 1250. The van der Waals surface area contributed by atoms with Gasteiger partial charge < -0.3 is 5.32 Å². The number of amides is 1. The zero-order valence-electron chi connectivity index (χ0n) is 17.5. The topological polar surface area (TPSA) is 70.7 Å². The molecule has 0 bridgehead atoms. The van der Waals surface area contributed by atoms with Gasteiger partial charge in [-0.15, -0.1) is 0 Å². The van der Waals surface area contributed by atoms with Gasteiger partial charge in [0.15, 0.2) is 0 Å². The predicted octanol–water partition coefficient (Wildman–Crippen LogP) is 4.81. The fourth-order valence-electron chi connectivity index (χ4n) is 3.39. The Morgan fingerprint density at radius 1 is 0.938 bits per heavy atom. The Hall–Kier alpha value is -4.43. The molecule has 0 atom stereocenters. The highest BCUT2D eigenvalue weighted by Crippen LogP contribution is 2.25. The molecule has 0 unspecified atom stereocenters. The second-order valence-corrected chi connectivity index (χ2v) is 7.24. The molecule has 1 heterocycles. The molecule has 32 heavy (non-hydrogen) atoms. The van der Waals surface area contributed by atoms with Gasteiger partial charge in [0.25, 0.3) is 5.91 Å². The summed E-state index contributed by atoms with van der Waals surface area (Å²) < 4.78 is 1.76. The Labute approximate surface area is 187 Å². The lowest BCUT2D eigenvalue weighted by atomic mass is 10.1. The maximum atomic E-state index is 12.7. The summed E-state index contributed by atoms with van der Waals surface area (Å²) in [5, 5.41) is 17.2. The molecule has 0 aliphatic carbocycles. The van der Waals surface area contributed by atoms with Gasteiger partial charge in [-0.2, -0.15) is 10.4 Å². The van der Waals surface area contributed by atoms with E-state index in [1.807, 2.05) is 103 Å². The van der Waals surface area contributed by atoms with E-state index in [4.69, 9.17) is 5.10 Å². The molecule has 0 aliphatic rings. The molecule has 3 aromatic carbocycles. The van der Waals surface area contributed by atoms with Crippen molar-refractivity contribution in [3.05, 3.63) is 114 Å². The van der Waals surface area contributed by atoms with Gasteiger partial charge in [0.2, 0.25) is 0 Å². The summed E-state index contributed by atoms with van der Waals surface area (Å²) in [5.41, 5.74) is 4.40. The van der Waals surface area contributed by atoms with Crippen LogP contribution in [0.25, 0.3) is 23.0 Å². The maximum absolute atomic E-state index is 12.7. The number of hydrogen-bond donors (Lipinski definition) is 1. The highest BCUT2D eigenvalue weighted by molar-refractivity contribution is 6.02. The molecular formula is C27H22N4O. The van der Waals surface area contributed by atoms with Crippen LogP contribution < -0.4 is 5.32 Å². The first-order valence-electron chi connectivity index (χ1n) is 10.4. The van der Waals surface area contributed by atoms with E-state index in [1.54, 1.807) is 10.8 Å². The molecule has 0 aliphatic heterocycles. The Morgan fingerprint density at radius 3 is 2.22 bits per heavy atom. The standard InChI is InChI=1S/C27H22N4O/c28-19-23(27(32)29-17-16-21-10-4-1-5-11-21)18-24-20-31(25-14-8-3-9-15-25)30-26(24)22-12-6-2-7-13-22/h1-15,18,20H,16-17H2,(H,29,32)/b23-18+. The van der Waals surface area contributed by atoms with Crippen LogP contribution in [-0.4, -0.2) is 22.2 Å². The molecule has 1 N–H and O–H groups in total. The molecule has 0 radical (unpaired) electrons. The summed E-state index contributed by atoms with van der Waals surface area (Å²) in [5.74, 6) is -0.394. The summed E-state index contributed by atoms with van der Waals surface area (Å²) in [6.07, 6.45) is 4.14. The monoisotopic (exact) mass is 418 g/mol.